The van der Waals surface area contributed by atoms with E-state index in [0.29, 0.717) is 16.4 Å². The van der Waals surface area contributed by atoms with Crippen LogP contribution in [0.1, 0.15) is 21.5 Å². The molecule has 0 unspecified atom stereocenters. The van der Waals surface area contributed by atoms with Gasteiger partial charge in [0.2, 0.25) is 0 Å². The highest BCUT2D eigenvalue weighted by atomic mass is 35.5. The summed E-state index contributed by atoms with van der Waals surface area (Å²) in [7, 11) is -2.32. The monoisotopic (exact) mass is 428 g/mol. The Morgan fingerprint density at radius 1 is 0.966 bits per heavy atom. The number of aryl methyl sites for hydroxylation is 2. The zero-order valence-electron chi connectivity index (χ0n) is 16.3. The van der Waals surface area contributed by atoms with Gasteiger partial charge in [-0.25, -0.2) is 8.42 Å². The molecule has 0 aliphatic rings. The van der Waals surface area contributed by atoms with Crippen molar-refractivity contribution in [3.63, 3.8) is 0 Å². The van der Waals surface area contributed by atoms with Crippen LogP contribution < -0.4 is 9.62 Å². The van der Waals surface area contributed by atoms with Gasteiger partial charge in [0.25, 0.3) is 15.9 Å². The Bertz CT molecular complexity index is 1160. The largest absolute Gasteiger partial charge is 0.322 e. The van der Waals surface area contributed by atoms with Gasteiger partial charge in [0.05, 0.1) is 10.6 Å². The maximum absolute atomic E-state index is 13.0. The van der Waals surface area contributed by atoms with Gasteiger partial charge in [-0.15, -0.1) is 0 Å². The van der Waals surface area contributed by atoms with Crippen molar-refractivity contribution in [1.82, 2.24) is 0 Å². The summed E-state index contributed by atoms with van der Waals surface area (Å²) in [5.74, 6) is -0.398. The first-order chi connectivity index (χ1) is 13.7. The molecule has 0 spiro atoms. The number of nitrogens with zero attached hydrogens (tertiary/aromatic N) is 1. The number of rotatable bonds is 5. The molecule has 0 bridgehead atoms. The minimum Gasteiger partial charge on any atom is -0.322 e. The second-order valence-electron chi connectivity index (χ2n) is 6.75. The van der Waals surface area contributed by atoms with Crippen molar-refractivity contribution < 1.29 is 13.2 Å². The Morgan fingerprint density at radius 3 is 2.31 bits per heavy atom. The molecule has 5 nitrogen and oxygen atoms in total. The van der Waals surface area contributed by atoms with Crippen molar-refractivity contribution >= 4 is 38.9 Å². The molecule has 0 saturated carbocycles. The third-order valence-electron chi connectivity index (χ3n) is 4.59. The van der Waals surface area contributed by atoms with Crippen LogP contribution in [-0.2, 0) is 10.0 Å². The van der Waals surface area contributed by atoms with Crippen LogP contribution in [0.15, 0.2) is 71.6 Å². The average molecular weight is 429 g/mol. The van der Waals surface area contributed by atoms with Crippen LogP contribution in [0.2, 0.25) is 5.02 Å². The van der Waals surface area contributed by atoms with Gasteiger partial charge >= 0.3 is 0 Å². The third kappa shape index (κ3) is 4.60. The second-order valence-corrected chi connectivity index (χ2v) is 9.15. The molecule has 3 aromatic rings. The van der Waals surface area contributed by atoms with E-state index in [1.165, 1.54) is 23.5 Å². The summed E-state index contributed by atoms with van der Waals surface area (Å²) < 4.78 is 27.2. The predicted octanol–water partition coefficient (Wildman–Crippen LogP) is 5.03. The van der Waals surface area contributed by atoms with Crippen molar-refractivity contribution in [2.75, 3.05) is 16.7 Å². The zero-order chi connectivity index (χ0) is 21.2. The lowest BCUT2D eigenvalue weighted by Gasteiger charge is -2.20. The summed E-state index contributed by atoms with van der Waals surface area (Å²) in [5.41, 5.74) is 3.26. The van der Waals surface area contributed by atoms with Gasteiger partial charge < -0.3 is 5.32 Å². The van der Waals surface area contributed by atoms with Crippen LogP contribution in [0.4, 0.5) is 11.4 Å². The van der Waals surface area contributed by atoms with Gasteiger partial charge in [0.1, 0.15) is 0 Å². The quantitative estimate of drug-likeness (QED) is 0.619. The molecular weight excluding hydrogens is 408 g/mol. The molecule has 0 saturated heterocycles. The number of carbonyl (C=O) groups excluding carboxylic acids is 1. The van der Waals surface area contributed by atoms with Gasteiger partial charge in [-0.1, -0.05) is 35.4 Å². The second kappa shape index (κ2) is 8.27. The summed E-state index contributed by atoms with van der Waals surface area (Å²) in [6.45, 7) is 3.77. The van der Waals surface area contributed by atoms with Crippen molar-refractivity contribution in [2.24, 2.45) is 0 Å². The zero-order valence-corrected chi connectivity index (χ0v) is 17.9. The van der Waals surface area contributed by atoms with Crippen molar-refractivity contribution in [1.29, 1.82) is 0 Å². The fourth-order valence-corrected chi connectivity index (χ4v) is 4.28. The highest BCUT2D eigenvalue weighted by Gasteiger charge is 2.22. The molecule has 3 aromatic carbocycles. The molecule has 1 N–H and O–H groups in total. The van der Waals surface area contributed by atoms with Crippen LogP contribution in [0, 0.1) is 13.8 Å². The van der Waals surface area contributed by atoms with E-state index >= 15 is 0 Å². The molecule has 0 aromatic heterocycles. The lowest BCUT2D eigenvalue weighted by atomic mass is 10.1. The number of hydrogen-bond donors (Lipinski definition) is 1. The van der Waals surface area contributed by atoms with Crippen molar-refractivity contribution in [3.05, 3.63) is 88.4 Å². The normalized spacial score (nSPS) is 11.2. The first kappa shape index (κ1) is 20.9. The Balaban J connectivity index is 1.87. The Morgan fingerprint density at radius 2 is 1.66 bits per heavy atom. The highest BCUT2D eigenvalue weighted by molar-refractivity contribution is 7.92. The summed E-state index contributed by atoms with van der Waals surface area (Å²) in [6, 6.07) is 18.3. The average Bonchev–Trinajstić information content (AvgIpc) is 2.70. The fraction of sp³-hybridized carbons (Fsp3) is 0.136. The molecule has 0 radical (unpaired) electrons. The number of carbonyl (C=O) groups is 1. The van der Waals surface area contributed by atoms with E-state index in [1.54, 1.807) is 42.5 Å². The molecule has 0 aliphatic heterocycles. The number of amides is 1. The van der Waals surface area contributed by atoms with Gasteiger partial charge in [0.15, 0.2) is 0 Å². The van der Waals surface area contributed by atoms with E-state index in [-0.39, 0.29) is 10.5 Å². The first-order valence-corrected chi connectivity index (χ1v) is 10.7. The molecule has 3 rings (SSSR count). The number of sulfonamides is 1. The predicted molar refractivity (Wildman–Crippen MR) is 117 cm³/mol. The Kier molecular flexibility index (Phi) is 5.96. The van der Waals surface area contributed by atoms with Gasteiger partial charge in [0, 0.05) is 23.3 Å². The lowest BCUT2D eigenvalue weighted by Crippen LogP contribution is -2.26. The number of anilines is 2. The Hall–Kier alpha value is -2.83. The molecule has 0 heterocycles. The molecule has 1 amide bonds. The number of hydrogen-bond acceptors (Lipinski definition) is 3. The molecule has 7 heteroatoms. The van der Waals surface area contributed by atoms with E-state index in [0.717, 1.165) is 11.1 Å². The molecule has 0 fully saturated rings. The van der Waals surface area contributed by atoms with Crippen LogP contribution in [0.25, 0.3) is 0 Å². The number of benzene rings is 3. The summed E-state index contributed by atoms with van der Waals surface area (Å²) in [6.07, 6.45) is 0. The van der Waals surface area contributed by atoms with Crippen LogP contribution in [0.5, 0.6) is 0 Å². The number of halogens is 1. The van der Waals surface area contributed by atoms with Crippen molar-refractivity contribution in [3.8, 4) is 0 Å². The summed E-state index contributed by atoms with van der Waals surface area (Å²) in [4.78, 5) is 12.7. The molecule has 150 valence electrons. The van der Waals surface area contributed by atoms with Crippen molar-refractivity contribution in [2.45, 2.75) is 18.7 Å². The molecular formula is C22H21ClN2O3S. The first-order valence-electron chi connectivity index (χ1n) is 8.91. The summed E-state index contributed by atoms with van der Waals surface area (Å²) >= 11 is 5.95. The van der Waals surface area contributed by atoms with Gasteiger partial charge in [-0.3, -0.25) is 9.10 Å². The molecule has 0 atom stereocenters. The molecule has 0 aliphatic carbocycles. The van der Waals surface area contributed by atoms with Crippen LogP contribution in [-0.4, -0.2) is 21.4 Å². The lowest BCUT2D eigenvalue weighted by molar-refractivity contribution is 0.102. The van der Waals surface area contributed by atoms with Gasteiger partial charge in [-0.05, 0) is 67.9 Å². The van der Waals surface area contributed by atoms with E-state index in [1.807, 2.05) is 26.0 Å². The smallest absolute Gasteiger partial charge is 0.264 e. The maximum atomic E-state index is 13.0. The van der Waals surface area contributed by atoms with Crippen LogP contribution in [0.3, 0.4) is 0 Å². The summed E-state index contributed by atoms with van der Waals surface area (Å²) in [5, 5.41) is 3.37. The third-order valence-corrected chi connectivity index (χ3v) is 6.61. The minimum absolute atomic E-state index is 0.0426. The number of nitrogens with one attached hydrogen (secondary N) is 1. The van der Waals surface area contributed by atoms with E-state index < -0.39 is 15.9 Å². The Labute approximate surface area is 176 Å². The van der Waals surface area contributed by atoms with Crippen LogP contribution >= 0.6 is 11.6 Å². The van der Waals surface area contributed by atoms with E-state index in [2.05, 4.69) is 5.32 Å². The molecule has 29 heavy (non-hydrogen) atoms. The van der Waals surface area contributed by atoms with E-state index in [4.69, 9.17) is 11.6 Å². The SMILES string of the molecule is Cc1ccc(N(C)S(=O)(=O)c2cccc(C(=O)Nc3ccc(Cl)cc3C)c2)cc1. The van der Waals surface area contributed by atoms with Gasteiger partial charge in [-0.2, -0.15) is 0 Å². The van der Waals surface area contributed by atoms with E-state index in [9.17, 15) is 13.2 Å². The minimum atomic E-state index is -3.81. The standard InChI is InChI=1S/C22H21ClN2O3S/c1-15-7-10-19(11-8-15)25(3)29(27,28)20-6-4-5-17(14-20)22(26)24-21-12-9-18(23)13-16(21)2/h4-14H,1-3H3,(H,24,26). The fourth-order valence-electron chi connectivity index (χ4n) is 2.81. The maximum Gasteiger partial charge on any atom is 0.264 e. The topological polar surface area (TPSA) is 66.5 Å². The highest BCUT2D eigenvalue weighted by Crippen LogP contribution is 2.24.